The van der Waals surface area contributed by atoms with E-state index in [9.17, 15) is 4.79 Å². The first kappa shape index (κ1) is 14.8. The van der Waals surface area contributed by atoms with E-state index in [1.165, 1.54) is 0 Å². The first-order valence-electron chi connectivity index (χ1n) is 5.98. The van der Waals surface area contributed by atoms with Gasteiger partial charge in [-0.05, 0) is 45.6 Å². The molecule has 0 aliphatic carbocycles. The Bertz CT molecular complexity index is 458. The number of thioether (sulfide) groups is 1. The summed E-state index contributed by atoms with van der Waals surface area (Å²) in [6, 6.07) is 1.94. The lowest BCUT2D eigenvalue weighted by atomic mass is 10.0. The highest BCUT2D eigenvalue weighted by Gasteiger charge is 2.12. The van der Waals surface area contributed by atoms with Gasteiger partial charge in [-0.1, -0.05) is 0 Å². The lowest BCUT2D eigenvalue weighted by Gasteiger charge is -2.09. The Morgan fingerprint density at radius 1 is 1.44 bits per heavy atom. The number of aryl methyl sites for hydroxylation is 3. The van der Waals surface area contributed by atoms with Crippen LogP contribution in [0.15, 0.2) is 17.2 Å². The van der Waals surface area contributed by atoms with Crippen molar-refractivity contribution in [2.75, 3.05) is 12.8 Å². The highest BCUT2D eigenvalue weighted by molar-refractivity contribution is 8.02. The smallest absolute Gasteiger partial charge is 0.190 e. The van der Waals surface area contributed by atoms with Crippen LogP contribution < -0.4 is 5.32 Å². The van der Waals surface area contributed by atoms with Crippen LogP contribution in [0.25, 0.3) is 0 Å². The molecule has 0 radical (unpaired) electrons. The van der Waals surface area contributed by atoms with Crippen molar-refractivity contribution in [2.24, 2.45) is 0 Å². The van der Waals surface area contributed by atoms with E-state index in [2.05, 4.69) is 10.3 Å². The maximum Gasteiger partial charge on any atom is 0.190 e. The summed E-state index contributed by atoms with van der Waals surface area (Å²) in [6.45, 7) is 8.60. The Morgan fingerprint density at radius 3 is 2.61 bits per heavy atom. The molecular weight excluding hydrogens is 244 g/mol. The van der Waals surface area contributed by atoms with Crippen molar-refractivity contribution >= 4 is 17.5 Å². The molecule has 3 nitrogen and oxygen atoms in total. The minimum Gasteiger partial charge on any atom is -0.380 e. The van der Waals surface area contributed by atoms with Gasteiger partial charge in [-0.25, -0.2) is 0 Å². The third kappa shape index (κ3) is 3.60. The maximum atomic E-state index is 12.3. The summed E-state index contributed by atoms with van der Waals surface area (Å²) in [5.74, 6) is 0.0165. The van der Waals surface area contributed by atoms with Crippen LogP contribution in [0.3, 0.4) is 0 Å². The van der Waals surface area contributed by atoms with Crippen molar-refractivity contribution in [3.8, 4) is 0 Å². The van der Waals surface area contributed by atoms with Crippen molar-refractivity contribution in [3.05, 3.63) is 39.7 Å². The van der Waals surface area contributed by atoms with Gasteiger partial charge in [0.1, 0.15) is 0 Å². The number of rotatable bonds is 5. The molecule has 0 aliphatic rings. The van der Waals surface area contributed by atoms with Gasteiger partial charge in [0.05, 0.1) is 5.03 Å². The molecule has 0 atom stereocenters. The minimum atomic E-state index is 0.0165. The fourth-order valence-electron chi connectivity index (χ4n) is 1.94. The van der Waals surface area contributed by atoms with Crippen LogP contribution in [0.4, 0.5) is 0 Å². The van der Waals surface area contributed by atoms with E-state index < -0.39 is 0 Å². The van der Waals surface area contributed by atoms with E-state index >= 15 is 0 Å². The average Bonchev–Trinajstić information content (AvgIpc) is 2.26. The Balaban J connectivity index is 3.11. The Hall–Kier alpha value is -1.29. The number of aromatic nitrogens is 1. The van der Waals surface area contributed by atoms with Crippen LogP contribution in [-0.2, 0) is 0 Å². The summed E-state index contributed by atoms with van der Waals surface area (Å²) in [5, 5.41) is 4.06. The summed E-state index contributed by atoms with van der Waals surface area (Å²) in [6.07, 6.45) is 3.61. The number of nitrogens with zero attached hydrogens (tertiary/aromatic N) is 1. The van der Waals surface area contributed by atoms with Crippen molar-refractivity contribution in [3.63, 3.8) is 0 Å². The Labute approximate surface area is 113 Å². The fourth-order valence-corrected chi connectivity index (χ4v) is 2.46. The monoisotopic (exact) mass is 264 g/mol. The van der Waals surface area contributed by atoms with Crippen LogP contribution in [-0.4, -0.2) is 23.6 Å². The topological polar surface area (TPSA) is 42.0 Å². The van der Waals surface area contributed by atoms with Gasteiger partial charge >= 0.3 is 0 Å². The first-order valence-corrected chi connectivity index (χ1v) is 7.20. The molecule has 1 rings (SSSR count). The van der Waals surface area contributed by atoms with Gasteiger partial charge < -0.3 is 5.32 Å². The number of pyridine rings is 1. The fraction of sp³-hybridized carbons (Fsp3) is 0.429. The standard InChI is InChI=1S/C14H20N2OS/c1-6-15-13(18-5)8-12(17)14-9(2)7-10(3)16-11(14)4/h7-8,15H,6H2,1-5H3. The second kappa shape index (κ2) is 6.59. The normalized spacial score (nSPS) is 11.5. The zero-order chi connectivity index (χ0) is 13.7. The lowest BCUT2D eigenvalue weighted by Crippen LogP contribution is -2.12. The first-order chi connectivity index (χ1) is 8.49. The molecule has 0 unspecified atom stereocenters. The number of allylic oxidation sites excluding steroid dienone is 1. The van der Waals surface area contributed by atoms with Gasteiger partial charge in [0.15, 0.2) is 5.78 Å². The van der Waals surface area contributed by atoms with Crippen molar-refractivity contribution in [2.45, 2.75) is 27.7 Å². The molecule has 1 heterocycles. The van der Waals surface area contributed by atoms with Crippen LogP contribution in [0.5, 0.6) is 0 Å². The van der Waals surface area contributed by atoms with Crippen molar-refractivity contribution < 1.29 is 4.79 Å². The van der Waals surface area contributed by atoms with Gasteiger partial charge in [-0.15, -0.1) is 11.8 Å². The summed E-state index contributed by atoms with van der Waals surface area (Å²) in [4.78, 5) is 16.6. The number of carbonyl (C=O) groups is 1. The third-order valence-electron chi connectivity index (χ3n) is 2.61. The predicted octanol–water partition coefficient (Wildman–Crippen LogP) is 3.00. The summed E-state index contributed by atoms with van der Waals surface area (Å²) in [5.41, 5.74) is 3.44. The molecule has 0 aromatic carbocycles. The van der Waals surface area contributed by atoms with Gasteiger partial charge in [0.2, 0.25) is 0 Å². The van der Waals surface area contributed by atoms with Crippen molar-refractivity contribution in [1.82, 2.24) is 10.3 Å². The zero-order valence-electron chi connectivity index (χ0n) is 11.6. The molecule has 0 saturated heterocycles. The maximum absolute atomic E-state index is 12.3. The summed E-state index contributed by atoms with van der Waals surface area (Å²) < 4.78 is 0. The number of nitrogens with one attached hydrogen (secondary N) is 1. The van der Waals surface area contributed by atoms with Gasteiger partial charge in [-0.3, -0.25) is 9.78 Å². The van der Waals surface area contributed by atoms with E-state index in [1.807, 2.05) is 40.0 Å². The van der Waals surface area contributed by atoms with E-state index in [0.29, 0.717) is 5.56 Å². The molecule has 0 fully saturated rings. The third-order valence-corrected chi connectivity index (χ3v) is 3.31. The highest BCUT2D eigenvalue weighted by Crippen LogP contribution is 2.16. The van der Waals surface area contributed by atoms with Crippen LogP contribution in [0.1, 0.15) is 34.2 Å². The summed E-state index contributed by atoms with van der Waals surface area (Å²) >= 11 is 1.54. The molecule has 0 saturated carbocycles. The molecule has 0 spiro atoms. The second-order valence-corrected chi connectivity index (χ2v) is 5.00. The Kier molecular flexibility index (Phi) is 5.41. The van der Waals surface area contributed by atoms with E-state index in [1.54, 1.807) is 17.8 Å². The van der Waals surface area contributed by atoms with Gasteiger partial charge in [-0.2, -0.15) is 0 Å². The predicted molar refractivity (Wildman–Crippen MR) is 78.1 cm³/mol. The quantitative estimate of drug-likeness (QED) is 0.656. The molecule has 0 amide bonds. The Morgan fingerprint density at radius 2 is 2.11 bits per heavy atom. The molecular formula is C14H20N2OS. The molecule has 98 valence electrons. The second-order valence-electron chi connectivity index (χ2n) is 4.15. The van der Waals surface area contributed by atoms with E-state index in [0.717, 1.165) is 28.5 Å². The number of ketones is 1. The van der Waals surface area contributed by atoms with Crippen LogP contribution >= 0.6 is 11.8 Å². The van der Waals surface area contributed by atoms with Gasteiger partial charge in [0.25, 0.3) is 0 Å². The van der Waals surface area contributed by atoms with Crippen LogP contribution in [0, 0.1) is 20.8 Å². The van der Waals surface area contributed by atoms with Gasteiger partial charge in [0, 0.05) is 29.6 Å². The van der Waals surface area contributed by atoms with Crippen molar-refractivity contribution in [1.29, 1.82) is 0 Å². The van der Waals surface area contributed by atoms with E-state index in [4.69, 9.17) is 0 Å². The molecule has 0 bridgehead atoms. The number of hydrogen-bond acceptors (Lipinski definition) is 4. The average molecular weight is 264 g/mol. The van der Waals surface area contributed by atoms with E-state index in [-0.39, 0.29) is 5.78 Å². The molecule has 1 aromatic heterocycles. The SMILES string of the molecule is CCNC(=CC(=O)c1c(C)cc(C)nc1C)SC. The zero-order valence-corrected chi connectivity index (χ0v) is 12.4. The molecule has 1 aromatic rings. The number of hydrogen-bond donors (Lipinski definition) is 1. The lowest BCUT2D eigenvalue weighted by molar-refractivity contribution is 0.104. The number of carbonyl (C=O) groups excluding carboxylic acids is 1. The molecule has 18 heavy (non-hydrogen) atoms. The molecule has 1 N–H and O–H groups in total. The molecule has 0 aliphatic heterocycles. The summed E-state index contributed by atoms with van der Waals surface area (Å²) in [7, 11) is 0. The van der Waals surface area contributed by atoms with Crippen LogP contribution in [0.2, 0.25) is 0 Å². The minimum absolute atomic E-state index is 0.0165. The molecule has 4 heteroatoms. The largest absolute Gasteiger partial charge is 0.380 e. The highest BCUT2D eigenvalue weighted by atomic mass is 32.2.